The number of benzene rings is 3. The molecule has 3 aromatic rings. The average molecular weight is 501 g/mol. The van der Waals surface area contributed by atoms with Crippen LogP contribution in [-0.2, 0) is 0 Å². The Bertz CT molecular complexity index is 1330. The van der Waals surface area contributed by atoms with E-state index in [9.17, 15) is 0 Å². The lowest BCUT2D eigenvalue weighted by molar-refractivity contribution is 0.224. The van der Waals surface area contributed by atoms with Crippen LogP contribution >= 0.6 is 0 Å². The summed E-state index contributed by atoms with van der Waals surface area (Å²) in [6, 6.07) is 27.1. The number of para-hydroxylation sites is 1. The summed E-state index contributed by atoms with van der Waals surface area (Å²) in [7, 11) is 0. The molecule has 1 fully saturated rings. The molecule has 4 nitrogen and oxygen atoms in total. The first-order chi connectivity index (χ1) is 18.6. The Balaban J connectivity index is 1.55. The van der Waals surface area contributed by atoms with E-state index in [2.05, 4.69) is 102 Å². The quantitative estimate of drug-likeness (QED) is 0.216. The van der Waals surface area contributed by atoms with Gasteiger partial charge in [0.1, 0.15) is 0 Å². The van der Waals surface area contributed by atoms with E-state index >= 15 is 0 Å². The molecule has 1 aliphatic heterocycles. The smallest absolute Gasteiger partial charge is 0.0864 e. The second kappa shape index (κ2) is 13.4. The van der Waals surface area contributed by atoms with Gasteiger partial charge in [-0.3, -0.25) is 16.0 Å². The first-order valence-corrected chi connectivity index (χ1v) is 12.9. The predicted molar refractivity (Wildman–Crippen MR) is 163 cm³/mol. The third kappa shape index (κ3) is 6.75. The molecule has 0 radical (unpaired) electrons. The van der Waals surface area contributed by atoms with Crippen LogP contribution in [0.1, 0.15) is 35.9 Å². The maximum absolute atomic E-state index is 4.25. The van der Waals surface area contributed by atoms with Gasteiger partial charge in [0.05, 0.1) is 18.5 Å². The molecule has 3 atom stereocenters. The monoisotopic (exact) mass is 500 g/mol. The molecule has 1 aliphatic rings. The zero-order valence-electron chi connectivity index (χ0n) is 21.9. The third-order valence-electron chi connectivity index (χ3n) is 6.41. The van der Waals surface area contributed by atoms with Gasteiger partial charge in [0.25, 0.3) is 0 Å². The molecule has 1 heterocycles. The van der Waals surface area contributed by atoms with E-state index in [0.717, 1.165) is 33.6 Å². The molecule has 0 amide bonds. The molecule has 0 saturated carbocycles. The highest BCUT2D eigenvalue weighted by Crippen LogP contribution is 2.29. The Labute approximate surface area is 226 Å². The first kappa shape index (κ1) is 26.8. The van der Waals surface area contributed by atoms with Crippen LogP contribution in [0.4, 0.5) is 11.4 Å². The lowest BCUT2D eigenvalue weighted by atomic mass is 10.0. The van der Waals surface area contributed by atoms with E-state index in [1.54, 1.807) is 6.08 Å². The summed E-state index contributed by atoms with van der Waals surface area (Å²) >= 11 is 0. The fourth-order valence-electron chi connectivity index (χ4n) is 4.44. The SMILES string of the molecule is C=C/C=C(\C=C)C1NC(c2ccccc2)NC(c2ccc(Nc3ccccc3C(=C)/C=C\C=C/C)cc2)N1. The van der Waals surface area contributed by atoms with Gasteiger partial charge in [-0.15, -0.1) is 0 Å². The summed E-state index contributed by atoms with van der Waals surface area (Å²) in [6.45, 7) is 14.1. The largest absolute Gasteiger partial charge is 0.355 e. The third-order valence-corrected chi connectivity index (χ3v) is 6.41. The minimum atomic E-state index is -0.0896. The van der Waals surface area contributed by atoms with Crippen molar-refractivity contribution in [1.82, 2.24) is 16.0 Å². The van der Waals surface area contributed by atoms with Gasteiger partial charge in [0, 0.05) is 16.9 Å². The van der Waals surface area contributed by atoms with Crippen LogP contribution in [0, 0.1) is 0 Å². The maximum Gasteiger partial charge on any atom is 0.0864 e. The van der Waals surface area contributed by atoms with Crippen molar-refractivity contribution in [3.63, 3.8) is 0 Å². The van der Waals surface area contributed by atoms with Gasteiger partial charge >= 0.3 is 0 Å². The lowest BCUT2D eigenvalue weighted by Crippen LogP contribution is -2.59. The molecule has 192 valence electrons. The van der Waals surface area contributed by atoms with Crippen LogP contribution in [0.15, 0.2) is 147 Å². The van der Waals surface area contributed by atoms with E-state index in [-0.39, 0.29) is 18.5 Å². The molecule has 3 unspecified atom stereocenters. The van der Waals surface area contributed by atoms with Gasteiger partial charge in [0.2, 0.25) is 0 Å². The number of anilines is 2. The Morgan fingerprint density at radius 2 is 1.45 bits per heavy atom. The van der Waals surface area contributed by atoms with Gasteiger partial charge in [-0.1, -0.05) is 123 Å². The van der Waals surface area contributed by atoms with Crippen LogP contribution in [0.5, 0.6) is 0 Å². The Morgan fingerprint density at radius 1 is 0.789 bits per heavy atom. The van der Waals surface area contributed by atoms with E-state index in [1.165, 1.54) is 5.56 Å². The molecule has 38 heavy (non-hydrogen) atoms. The summed E-state index contributed by atoms with van der Waals surface area (Å²) in [6.07, 6.45) is 13.5. The van der Waals surface area contributed by atoms with Crippen LogP contribution in [0.2, 0.25) is 0 Å². The molecule has 0 aromatic heterocycles. The molecule has 4 N–H and O–H groups in total. The minimum absolute atomic E-state index is 0.0353. The Hall–Kier alpha value is -4.22. The predicted octanol–water partition coefficient (Wildman–Crippen LogP) is 7.68. The average Bonchev–Trinajstić information content (AvgIpc) is 2.97. The minimum Gasteiger partial charge on any atom is -0.355 e. The van der Waals surface area contributed by atoms with Crippen LogP contribution < -0.4 is 21.3 Å². The van der Waals surface area contributed by atoms with Crippen molar-refractivity contribution in [3.05, 3.63) is 163 Å². The highest BCUT2D eigenvalue weighted by Gasteiger charge is 2.29. The van der Waals surface area contributed by atoms with E-state index in [0.29, 0.717) is 0 Å². The molecule has 4 heteroatoms. The standard InChI is InChI=1S/C34H36N4/c1-5-8-10-16-25(4)30-19-13-14-20-31(30)35-29-23-21-28(22-24-29)34-37-32(26(7-3)15-6-2)36-33(38-34)27-17-11-9-12-18-27/h5-24,32-38H,2-4H2,1H3/b8-5-,16-10-,26-15+. The van der Waals surface area contributed by atoms with Gasteiger partial charge in [-0.05, 0) is 47.4 Å². The van der Waals surface area contributed by atoms with E-state index in [1.807, 2.05) is 61.6 Å². The normalized spacial score (nSPS) is 19.9. The van der Waals surface area contributed by atoms with Crippen molar-refractivity contribution in [1.29, 1.82) is 0 Å². The number of hydrogen-bond donors (Lipinski definition) is 4. The fraction of sp³-hybridized carbons (Fsp3) is 0.118. The fourth-order valence-corrected chi connectivity index (χ4v) is 4.44. The van der Waals surface area contributed by atoms with Gasteiger partial charge in [-0.25, -0.2) is 0 Å². The van der Waals surface area contributed by atoms with Gasteiger partial charge < -0.3 is 5.32 Å². The van der Waals surface area contributed by atoms with Crippen molar-refractivity contribution >= 4 is 16.9 Å². The summed E-state index contributed by atoms with van der Waals surface area (Å²) in [5, 5.41) is 14.6. The number of allylic oxidation sites excluding steroid dienone is 7. The molecule has 0 aliphatic carbocycles. The lowest BCUT2D eigenvalue weighted by Gasteiger charge is -2.40. The van der Waals surface area contributed by atoms with Crippen molar-refractivity contribution in [2.45, 2.75) is 25.4 Å². The van der Waals surface area contributed by atoms with Crippen molar-refractivity contribution in [3.8, 4) is 0 Å². The van der Waals surface area contributed by atoms with Crippen molar-refractivity contribution in [2.75, 3.05) is 5.32 Å². The summed E-state index contributed by atoms with van der Waals surface area (Å²) in [5.74, 6) is 0. The highest BCUT2D eigenvalue weighted by atomic mass is 15.4. The van der Waals surface area contributed by atoms with Crippen molar-refractivity contribution < 1.29 is 0 Å². The second-order valence-electron chi connectivity index (χ2n) is 9.02. The first-order valence-electron chi connectivity index (χ1n) is 12.9. The molecule has 3 aromatic carbocycles. The molecule has 1 saturated heterocycles. The zero-order chi connectivity index (χ0) is 26.7. The summed E-state index contributed by atoms with van der Waals surface area (Å²) < 4.78 is 0. The molecular formula is C34H36N4. The van der Waals surface area contributed by atoms with Crippen LogP contribution in [0.3, 0.4) is 0 Å². The van der Waals surface area contributed by atoms with E-state index in [4.69, 9.17) is 0 Å². The number of hydrogen-bond acceptors (Lipinski definition) is 4. The van der Waals surface area contributed by atoms with Gasteiger partial charge in [0.15, 0.2) is 0 Å². The summed E-state index contributed by atoms with van der Waals surface area (Å²) in [5.41, 5.74) is 7.39. The molecule has 0 bridgehead atoms. The Morgan fingerprint density at radius 3 is 2.11 bits per heavy atom. The van der Waals surface area contributed by atoms with Crippen LogP contribution in [0.25, 0.3) is 5.57 Å². The summed E-state index contributed by atoms with van der Waals surface area (Å²) in [4.78, 5) is 0. The number of rotatable bonds is 10. The maximum atomic E-state index is 4.25. The van der Waals surface area contributed by atoms with Crippen LogP contribution in [-0.4, -0.2) is 6.17 Å². The number of nitrogens with one attached hydrogen (secondary N) is 4. The Kier molecular flexibility index (Phi) is 9.43. The second-order valence-corrected chi connectivity index (χ2v) is 9.02. The topological polar surface area (TPSA) is 48.1 Å². The van der Waals surface area contributed by atoms with E-state index < -0.39 is 0 Å². The molecule has 4 rings (SSSR count). The highest BCUT2D eigenvalue weighted by molar-refractivity contribution is 5.82. The van der Waals surface area contributed by atoms with Gasteiger partial charge in [-0.2, -0.15) is 0 Å². The van der Waals surface area contributed by atoms with Crippen molar-refractivity contribution in [2.24, 2.45) is 0 Å². The molecule has 0 spiro atoms. The zero-order valence-corrected chi connectivity index (χ0v) is 21.9. The molecular weight excluding hydrogens is 464 g/mol.